The van der Waals surface area contributed by atoms with Crippen molar-refractivity contribution in [3.63, 3.8) is 0 Å². The first-order valence-corrected chi connectivity index (χ1v) is 36.8. The predicted octanol–water partition coefficient (Wildman–Crippen LogP) is 24.9. The lowest BCUT2D eigenvalue weighted by atomic mass is 9.33. The van der Waals surface area contributed by atoms with Crippen LogP contribution in [0.2, 0.25) is 0 Å². The predicted molar refractivity (Wildman–Crippen MR) is 440 cm³/mol. The topological polar surface area (TPSA) is 16.3 Å². The first-order chi connectivity index (χ1) is 49.5. The van der Waals surface area contributed by atoms with Crippen LogP contribution in [0, 0.1) is 0 Å². The number of anilines is 6. The van der Waals surface area contributed by atoms with Crippen LogP contribution in [0.15, 0.2) is 303 Å². The molecule has 0 fully saturated rings. The smallest absolute Gasteiger partial charge is 0.252 e. The molecule has 0 radical (unpaired) electrons. The Labute approximate surface area is 601 Å². The van der Waals surface area contributed by atoms with E-state index in [4.69, 9.17) is 0 Å². The van der Waals surface area contributed by atoms with Crippen molar-refractivity contribution in [1.29, 1.82) is 0 Å². The lowest BCUT2D eigenvalue weighted by Crippen LogP contribution is -2.61. The Kier molecular flexibility index (Phi) is 13.9. The van der Waals surface area contributed by atoms with Crippen LogP contribution in [0.4, 0.5) is 34.1 Å². The molecule has 4 nitrogen and oxygen atoms in total. The molecule has 0 saturated carbocycles. The van der Waals surface area contributed by atoms with E-state index in [1.807, 2.05) is 11.3 Å². The van der Waals surface area contributed by atoms with E-state index in [0.717, 1.165) is 56.1 Å². The molecule has 6 heteroatoms. The Bertz CT molecular complexity index is 6160. The van der Waals surface area contributed by atoms with Gasteiger partial charge in [-0.3, -0.25) is 0 Å². The second-order valence-electron chi connectivity index (χ2n) is 31.3. The van der Waals surface area contributed by atoms with Gasteiger partial charge in [0.15, 0.2) is 0 Å². The Morgan fingerprint density at radius 2 is 0.804 bits per heavy atom. The first-order valence-electron chi connectivity index (χ1n) is 36.0. The van der Waals surface area contributed by atoms with Crippen molar-refractivity contribution in [2.75, 3.05) is 9.80 Å². The second-order valence-corrected chi connectivity index (χ2v) is 32.3. The van der Waals surface area contributed by atoms with Gasteiger partial charge in [-0.05, 0) is 168 Å². The zero-order valence-corrected chi connectivity index (χ0v) is 60.0. The molecule has 0 bridgehead atoms. The van der Waals surface area contributed by atoms with E-state index in [1.54, 1.807) is 0 Å². The molecule has 0 spiro atoms. The molecule has 17 aromatic rings. The van der Waals surface area contributed by atoms with Crippen LogP contribution in [0.25, 0.3) is 120 Å². The Morgan fingerprint density at radius 3 is 1.44 bits per heavy atom. The van der Waals surface area contributed by atoms with Crippen LogP contribution in [0.5, 0.6) is 0 Å². The van der Waals surface area contributed by atoms with Gasteiger partial charge in [0.25, 0.3) is 6.71 Å². The van der Waals surface area contributed by atoms with Gasteiger partial charge in [-0.25, -0.2) is 0 Å². The molecule has 490 valence electrons. The molecule has 0 aliphatic carbocycles. The van der Waals surface area contributed by atoms with E-state index in [2.05, 4.69) is 385 Å². The van der Waals surface area contributed by atoms with E-state index in [-0.39, 0.29) is 23.0 Å². The molecule has 19 rings (SSSR count). The van der Waals surface area contributed by atoms with Crippen LogP contribution >= 0.6 is 11.3 Å². The van der Waals surface area contributed by atoms with E-state index in [0.29, 0.717) is 0 Å². The summed E-state index contributed by atoms with van der Waals surface area (Å²) in [5.74, 6) is 0. The van der Waals surface area contributed by atoms with Gasteiger partial charge in [-0.2, -0.15) is 0 Å². The molecule has 5 heterocycles. The van der Waals surface area contributed by atoms with Crippen molar-refractivity contribution < 1.29 is 0 Å². The minimum Gasteiger partial charge on any atom is -0.310 e. The molecule has 2 aliphatic heterocycles. The third-order valence-electron chi connectivity index (χ3n) is 21.9. The number of fused-ring (bicyclic) bond motifs is 14. The lowest BCUT2D eigenvalue weighted by molar-refractivity contribution is 0.569. The summed E-state index contributed by atoms with van der Waals surface area (Å²) in [7, 11) is 0. The number of nitrogens with zero attached hydrogens (tertiary/aromatic N) is 4. The number of aromatic nitrogens is 2. The van der Waals surface area contributed by atoms with Crippen molar-refractivity contribution in [3.05, 3.63) is 320 Å². The lowest BCUT2D eigenvalue weighted by Gasteiger charge is -2.46. The molecule has 14 aromatic carbocycles. The maximum Gasteiger partial charge on any atom is 0.252 e. The van der Waals surface area contributed by atoms with Crippen LogP contribution in [0.3, 0.4) is 0 Å². The first kappa shape index (κ1) is 61.6. The van der Waals surface area contributed by atoms with Crippen molar-refractivity contribution in [3.8, 4) is 55.9 Å². The van der Waals surface area contributed by atoms with Gasteiger partial charge in [0, 0.05) is 82.3 Å². The monoisotopic (exact) mass is 1330 g/mol. The van der Waals surface area contributed by atoms with Crippen molar-refractivity contribution >= 4 is 132 Å². The maximum absolute atomic E-state index is 2.73. The Hall–Kier alpha value is -11.4. The van der Waals surface area contributed by atoms with Crippen molar-refractivity contribution in [1.82, 2.24) is 9.13 Å². The van der Waals surface area contributed by atoms with Crippen molar-refractivity contribution in [2.24, 2.45) is 0 Å². The van der Waals surface area contributed by atoms with Crippen LogP contribution < -0.4 is 26.2 Å². The summed E-state index contributed by atoms with van der Waals surface area (Å²) in [6, 6.07) is 116. The summed E-state index contributed by atoms with van der Waals surface area (Å²) in [6.45, 7) is 21.1. The molecule has 0 unspecified atom stereocenters. The highest BCUT2D eigenvalue weighted by atomic mass is 32.1. The van der Waals surface area contributed by atoms with E-state index < -0.39 is 0 Å². The molecule has 0 saturated heterocycles. The summed E-state index contributed by atoms with van der Waals surface area (Å²) >= 11 is 1.91. The number of hydrogen-bond acceptors (Lipinski definition) is 3. The third-order valence-corrected chi connectivity index (χ3v) is 23.1. The molecule has 2 aliphatic rings. The molecule has 102 heavy (non-hydrogen) atoms. The van der Waals surface area contributed by atoms with Crippen LogP contribution in [-0.4, -0.2) is 15.8 Å². The van der Waals surface area contributed by atoms with Gasteiger partial charge >= 0.3 is 0 Å². The Balaban J connectivity index is 0.977. The molecule has 3 aromatic heterocycles. The highest BCUT2D eigenvalue weighted by Gasteiger charge is 2.46. The number of rotatable bonds is 8. The highest BCUT2D eigenvalue weighted by molar-refractivity contribution is 7.26. The summed E-state index contributed by atoms with van der Waals surface area (Å²) in [4.78, 5) is 5.43. The van der Waals surface area contributed by atoms with Gasteiger partial charge in [0.05, 0.1) is 38.1 Å². The fourth-order valence-electron chi connectivity index (χ4n) is 16.8. The van der Waals surface area contributed by atoms with Gasteiger partial charge in [0.1, 0.15) is 0 Å². The molecule has 0 amide bonds. The third kappa shape index (κ3) is 9.70. The van der Waals surface area contributed by atoms with Gasteiger partial charge in [0.2, 0.25) is 0 Å². The summed E-state index contributed by atoms with van der Waals surface area (Å²) in [6.07, 6.45) is 0. The average molecular weight is 1330 g/mol. The fourth-order valence-corrected chi connectivity index (χ4v) is 18.0. The standard InChI is InChI=1S/C96H77BN4S/c1-94(2,3)66-51-64(52-67(56-66)95(4,5)6)63-45-48-78-84(55-63)100(83-43-28-40-74-72-38-24-27-44-88(72)102-93(74)83)86-57-68(96(7,8)9)58-87-90(86)97(78)79-49-46-70(99-80-41-25-22-37-71(80)73-47-50-82-89(92(73)99)75-39-23-26-42-81(75)98(82)69-35-20-13-21-36-69)59-85(79)101(87)91-76(61-31-16-11-17-32-61)53-65(60-29-14-10-15-30-60)54-77(91)62-33-18-12-19-34-62/h10-59H,1-9H3. The van der Waals surface area contributed by atoms with Crippen LogP contribution in [0.1, 0.15) is 79.0 Å². The Morgan fingerprint density at radius 1 is 0.294 bits per heavy atom. The number of hydrogen-bond donors (Lipinski definition) is 0. The number of thiophene rings is 1. The van der Waals surface area contributed by atoms with E-state index >= 15 is 0 Å². The molecular formula is C96H77BN4S. The van der Waals surface area contributed by atoms with Crippen molar-refractivity contribution in [2.45, 2.75) is 78.6 Å². The normalized spacial score (nSPS) is 13.1. The van der Waals surface area contributed by atoms with E-state index in [1.165, 1.54) is 131 Å². The number of para-hydroxylation sites is 3. The number of benzene rings is 14. The molecular weight excluding hydrogens is 1250 g/mol. The van der Waals surface area contributed by atoms with Gasteiger partial charge in [-0.1, -0.05) is 281 Å². The SMILES string of the molecule is CC(C)(C)c1cc(-c2ccc3c(c2)N(c2cccc4c2sc2ccccc24)c2cc(C(C)(C)C)cc4c2B3c2ccc(-n3c5ccccc5c5ccc6c(c7ccccc7n6-c6ccccc6)c53)cc2N4c2c(-c3ccccc3)cc(-c3ccccc3)cc2-c2ccccc2)cc(C(C)(C)C)c1. The van der Waals surface area contributed by atoms with Gasteiger partial charge in [-0.15, -0.1) is 11.3 Å². The van der Waals surface area contributed by atoms with E-state index in [9.17, 15) is 0 Å². The molecule has 0 atom stereocenters. The largest absolute Gasteiger partial charge is 0.310 e. The minimum atomic E-state index is -0.294. The highest BCUT2D eigenvalue weighted by Crippen LogP contribution is 2.55. The summed E-state index contributed by atoms with van der Waals surface area (Å²) in [5, 5.41) is 7.43. The average Bonchev–Trinajstić information content (AvgIpc) is 0.815. The maximum atomic E-state index is 2.73. The van der Waals surface area contributed by atoms with Gasteiger partial charge < -0.3 is 18.9 Å². The minimum absolute atomic E-state index is 0.0722. The summed E-state index contributed by atoms with van der Waals surface area (Å²) < 4.78 is 7.61. The molecule has 0 N–H and O–H groups in total. The second kappa shape index (κ2) is 23.1. The quantitative estimate of drug-likeness (QED) is 0.141. The fraction of sp³-hybridized carbons (Fsp3) is 0.125. The van der Waals surface area contributed by atoms with Crippen LogP contribution in [-0.2, 0) is 16.2 Å². The zero-order valence-electron chi connectivity index (χ0n) is 59.1. The zero-order chi connectivity index (χ0) is 69.1. The summed E-state index contributed by atoms with van der Waals surface area (Å²) in [5.41, 5.74) is 30.5.